The Kier molecular flexibility index (Phi) is 7.28. The van der Waals surface area contributed by atoms with E-state index in [2.05, 4.69) is 11.6 Å². The van der Waals surface area contributed by atoms with Crippen molar-refractivity contribution in [1.82, 2.24) is 14.5 Å². The van der Waals surface area contributed by atoms with E-state index in [4.69, 9.17) is 11.6 Å². The van der Waals surface area contributed by atoms with E-state index in [-0.39, 0.29) is 35.8 Å². The number of rotatable bonds is 9. The highest BCUT2D eigenvalue weighted by atomic mass is 35.5. The van der Waals surface area contributed by atoms with E-state index in [1.165, 1.54) is 23.2 Å². The van der Waals surface area contributed by atoms with Gasteiger partial charge in [0, 0.05) is 23.2 Å². The van der Waals surface area contributed by atoms with Crippen LogP contribution in [0.4, 0.5) is 13.2 Å². The number of carbonyl (C=O) groups is 1. The third-order valence-corrected chi connectivity index (χ3v) is 7.51. The molecule has 0 bridgehead atoms. The molecule has 0 radical (unpaired) electrons. The summed E-state index contributed by atoms with van der Waals surface area (Å²) in [6.45, 7) is 3.97. The summed E-state index contributed by atoms with van der Waals surface area (Å²) in [4.78, 5) is 18.8. The highest BCUT2D eigenvalue weighted by Gasteiger charge is 2.35. The molecule has 6 nitrogen and oxygen atoms in total. The van der Waals surface area contributed by atoms with Crippen molar-refractivity contribution in [2.24, 2.45) is 0 Å². The lowest BCUT2D eigenvalue weighted by atomic mass is 10.1. The van der Waals surface area contributed by atoms with Gasteiger partial charge in [-0.15, -0.1) is 6.58 Å². The van der Waals surface area contributed by atoms with E-state index in [1.807, 2.05) is 0 Å². The minimum absolute atomic E-state index is 0.0149. The van der Waals surface area contributed by atoms with Crippen LogP contribution in [0.1, 0.15) is 46.1 Å². The number of aromatic nitrogens is 2. The minimum Gasteiger partial charge on any atom is -0.329 e. The predicted molar refractivity (Wildman–Crippen MR) is 129 cm³/mol. The number of hydrogen-bond donors (Lipinski definition) is 0. The van der Waals surface area contributed by atoms with Crippen molar-refractivity contribution in [2.45, 2.75) is 42.5 Å². The summed E-state index contributed by atoms with van der Waals surface area (Å²) in [5, 5.41) is 0.191. The highest BCUT2D eigenvalue weighted by Crippen LogP contribution is 2.39. The van der Waals surface area contributed by atoms with Crippen molar-refractivity contribution in [3.05, 3.63) is 94.8 Å². The fourth-order valence-electron chi connectivity index (χ4n) is 3.94. The van der Waals surface area contributed by atoms with Crippen molar-refractivity contribution in [2.75, 3.05) is 6.54 Å². The number of amides is 1. The van der Waals surface area contributed by atoms with Crippen LogP contribution < -0.4 is 0 Å². The number of hydrogen-bond acceptors (Lipinski definition) is 4. The topological polar surface area (TPSA) is 72.3 Å². The maximum absolute atomic E-state index is 13.3. The largest absolute Gasteiger partial charge is 0.416 e. The first kappa shape index (κ1) is 26.0. The molecule has 1 aliphatic rings. The molecule has 190 valence electrons. The van der Waals surface area contributed by atoms with Crippen LogP contribution in [0.5, 0.6) is 0 Å². The zero-order valence-electron chi connectivity index (χ0n) is 19.1. The zero-order chi connectivity index (χ0) is 26.1. The molecule has 1 fully saturated rings. The van der Waals surface area contributed by atoms with Gasteiger partial charge in [-0.2, -0.15) is 13.2 Å². The SMILES string of the molecule is C=CCN(Cc1cnc(S(=O)(=O)Cc2cccc(C(F)(F)F)c2)n1C1CC1)C(=O)c1cccc(Cl)c1. The number of alkyl halides is 3. The molecule has 4 rings (SSSR count). The van der Waals surface area contributed by atoms with Gasteiger partial charge in [-0.3, -0.25) is 4.79 Å². The number of benzene rings is 2. The maximum Gasteiger partial charge on any atom is 0.416 e. The summed E-state index contributed by atoms with van der Waals surface area (Å²) >= 11 is 6.03. The molecule has 0 unspecified atom stereocenters. The van der Waals surface area contributed by atoms with Gasteiger partial charge in [-0.25, -0.2) is 13.4 Å². The van der Waals surface area contributed by atoms with Crippen LogP contribution in [0.15, 0.2) is 72.5 Å². The first-order chi connectivity index (χ1) is 17.0. The molecule has 0 N–H and O–H groups in total. The molecule has 1 aliphatic carbocycles. The minimum atomic E-state index is -4.58. The van der Waals surface area contributed by atoms with Crippen molar-refractivity contribution in [1.29, 1.82) is 0 Å². The summed E-state index contributed by atoms with van der Waals surface area (Å²) in [5.41, 5.74) is -0.0151. The summed E-state index contributed by atoms with van der Waals surface area (Å²) in [6.07, 6.45) is -0.147. The smallest absolute Gasteiger partial charge is 0.329 e. The molecule has 1 aromatic heterocycles. The molecule has 36 heavy (non-hydrogen) atoms. The first-order valence-corrected chi connectivity index (χ1v) is 13.1. The zero-order valence-corrected chi connectivity index (χ0v) is 20.7. The lowest BCUT2D eigenvalue weighted by Crippen LogP contribution is -2.31. The molecular formula is C25H23ClF3N3O3S. The van der Waals surface area contributed by atoms with E-state index in [0.717, 1.165) is 25.0 Å². The van der Waals surface area contributed by atoms with E-state index in [9.17, 15) is 26.4 Å². The maximum atomic E-state index is 13.3. The second kappa shape index (κ2) is 10.1. The first-order valence-electron chi connectivity index (χ1n) is 11.1. The van der Waals surface area contributed by atoms with Gasteiger partial charge in [0.1, 0.15) is 0 Å². The molecule has 0 aliphatic heterocycles. The molecular weight excluding hydrogens is 515 g/mol. The molecule has 1 amide bonds. The predicted octanol–water partition coefficient (Wildman–Crippen LogP) is 5.69. The second-order valence-electron chi connectivity index (χ2n) is 8.58. The molecule has 3 aromatic rings. The number of sulfone groups is 1. The Morgan fingerprint density at radius 1 is 1.19 bits per heavy atom. The number of carbonyl (C=O) groups excluding carboxylic acids is 1. The molecule has 0 atom stereocenters. The molecule has 1 heterocycles. The molecule has 2 aromatic carbocycles. The van der Waals surface area contributed by atoms with Crippen LogP contribution in [0.2, 0.25) is 5.02 Å². The van der Waals surface area contributed by atoms with Gasteiger partial charge in [0.2, 0.25) is 15.0 Å². The monoisotopic (exact) mass is 537 g/mol. The van der Waals surface area contributed by atoms with Gasteiger partial charge in [0.25, 0.3) is 5.91 Å². The van der Waals surface area contributed by atoms with E-state index < -0.39 is 27.3 Å². The lowest BCUT2D eigenvalue weighted by Gasteiger charge is -2.22. The van der Waals surface area contributed by atoms with Crippen LogP contribution >= 0.6 is 11.6 Å². The van der Waals surface area contributed by atoms with Crippen LogP contribution in [0.3, 0.4) is 0 Å². The standard InChI is InChI=1S/C25H23ClF3N3O3S/c1-2-11-31(23(33)18-6-4-8-20(26)13-18)15-22-14-30-24(32(22)21-9-10-21)36(34,35)16-17-5-3-7-19(12-17)25(27,28)29/h2-8,12-14,21H,1,9-11,15-16H2. The number of imidazole rings is 1. The fourth-order valence-corrected chi connectivity index (χ4v) is 5.66. The van der Waals surface area contributed by atoms with Gasteiger partial charge in [0.05, 0.1) is 29.8 Å². The summed E-state index contributed by atoms with van der Waals surface area (Å²) in [6, 6.07) is 10.6. The molecule has 11 heteroatoms. The Morgan fingerprint density at radius 2 is 1.92 bits per heavy atom. The average Bonchev–Trinajstić information content (AvgIpc) is 3.56. The van der Waals surface area contributed by atoms with Crippen molar-refractivity contribution in [3.8, 4) is 0 Å². The van der Waals surface area contributed by atoms with Crippen LogP contribution in [-0.4, -0.2) is 35.3 Å². The number of nitrogens with zero attached hydrogens (tertiary/aromatic N) is 3. The van der Waals surface area contributed by atoms with Crippen LogP contribution in [0.25, 0.3) is 0 Å². The van der Waals surface area contributed by atoms with Crippen LogP contribution in [-0.2, 0) is 28.3 Å². The Hall–Kier alpha value is -3.11. The second-order valence-corrected chi connectivity index (χ2v) is 10.9. The van der Waals surface area contributed by atoms with Crippen molar-refractivity contribution in [3.63, 3.8) is 0 Å². The lowest BCUT2D eigenvalue weighted by molar-refractivity contribution is -0.137. The van der Waals surface area contributed by atoms with E-state index in [0.29, 0.717) is 16.3 Å². The Balaban J connectivity index is 1.64. The van der Waals surface area contributed by atoms with Gasteiger partial charge < -0.3 is 9.47 Å². The normalized spacial score (nSPS) is 14.0. The summed E-state index contributed by atoms with van der Waals surface area (Å²) < 4.78 is 67.4. The third-order valence-electron chi connectivity index (χ3n) is 5.70. The molecule has 0 saturated heterocycles. The third kappa shape index (κ3) is 5.82. The van der Waals surface area contributed by atoms with Crippen LogP contribution in [0, 0.1) is 0 Å². The van der Waals surface area contributed by atoms with Gasteiger partial charge >= 0.3 is 6.18 Å². The van der Waals surface area contributed by atoms with Crippen molar-refractivity contribution < 1.29 is 26.4 Å². The fraction of sp³-hybridized carbons (Fsp3) is 0.280. The summed E-state index contributed by atoms with van der Waals surface area (Å²) in [7, 11) is -4.07. The molecule has 0 spiro atoms. The van der Waals surface area contributed by atoms with Crippen molar-refractivity contribution >= 4 is 27.3 Å². The summed E-state index contributed by atoms with van der Waals surface area (Å²) in [5.74, 6) is -0.938. The Labute approximate surface area is 211 Å². The van der Waals surface area contributed by atoms with Gasteiger partial charge in [0.15, 0.2) is 0 Å². The van der Waals surface area contributed by atoms with Gasteiger partial charge in [-0.1, -0.05) is 41.9 Å². The van der Waals surface area contributed by atoms with Gasteiger partial charge in [-0.05, 0) is 42.7 Å². The average molecular weight is 538 g/mol. The molecule has 1 saturated carbocycles. The van der Waals surface area contributed by atoms with E-state index >= 15 is 0 Å². The Morgan fingerprint density at radius 3 is 2.56 bits per heavy atom. The van der Waals surface area contributed by atoms with E-state index in [1.54, 1.807) is 34.9 Å². The highest BCUT2D eigenvalue weighted by molar-refractivity contribution is 7.90. The number of halogens is 4. The Bertz CT molecular complexity index is 1400. The quantitative estimate of drug-likeness (QED) is 0.329.